The van der Waals surface area contributed by atoms with Gasteiger partial charge in [0.2, 0.25) is 5.91 Å². The van der Waals surface area contributed by atoms with Gasteiger partial charge in [-0.15, -0.1) is 0 Å². The summed E-state index contributed by atoms with van der Waals surface area (Å²) in [7, 11) is 0. The standard InChI is InChI=1S/C15H19FN4O4/c1-2-18-13(14(17)22)15(23)19-11-4-3-9(7-10(11)16)20-5-6-24-8-12(20)21/h3-4,7,13,18H,2,5-6,8H2,1H3,(H2,17,22)(H,19,23)/t13-/m0/s1. The maximum atomic E-state index is 14.2. The van der Waals surface area contributed by atoms with Crippen LogP contribution in [0.4, 0.5) is 15.8 Å². The van der Waals surface area contributed by atoms with Crippen molar-refractivity contribution < 1.29 is 23.5 Å². The third kappa shape index (κ3) is 4.06. The van der Waals surface area contributed by atoms with Gasteiger partial charge < -0.3 is 20.7 Å². The van der Waals surface area contributed by atoms with E-state index in [0.717, 1.165) is 6.07 Å². The molecule has 9 heteroatoms. The molecule has 1 saturated heterocycles. The van der Waals surface area contributed by atoms with Crippen LogP contribution in [0.5, 0.6) is 0 Å². The van der Waals surface area contributed by atoms with E-state index in [-0.39, 0.29) is 18.2 Å². The number of hydrogen-bond acceptors (Lipinski definition) is 5. The minimum absolute atomic E-state index is 0.0525. The van der Waals surface area contributed by atoms with Crippen molar-refractivity contribution >= 4 is 29.1 Å². The van der Waals surface area contributed by atoms with Crippen LogP contribution in [-0.2, 0) is 19.1 Å². The summed E-state index contributed by atoms with van der Waals surface area (Å²) in [5.41, 5.74) is 5.41. The first-order valence-corrected chi connectivity index (χ1v) is 7.45. The van der Waals surface area contributed by atoms with Gasteiger partial charge in [0.15, 0.2) is 6.04 Å². The Morgan fingerprint density at radius 1 is 1.46 bits per heavy atom. The van der Waals surface area contributed by atoms with Gasteiger partial charge in [0, 0.05) is 12.2 Å². The fourth-order valence-corrected chi connectivity index (χ4v) is 2.30. The molecule has 1 aliphatic rings. The Morgan fingerprint density at radius 2 is 2.21 bits per heavy atom. The fourth-order valence-electron chi connectivity index (χ4n) is 2.30. The second-order valence-corrected chi connectivity index (χ2v) is 5.14. The van der Waals surface area contributed by atoms with E-state index >= 15 is 0 Å². The molecule has 24 heavy (non-hydrogen) atoms. The van der Waals surface area contributed by atoms with Gasteiger partial charge in [-0.2, -0.15) is 0 Å². The largest absolute Gasteiger partial charge is 0.370 e. The highest BCUT2D eigenvalue weighted by Gasteiger charge is 2.25. The van der Waals surface area contributed by atoms with Gasteiger partial charge in [-0.05, 0) is 24.7 Å². The molecule has 0 spiro atoms. The lowest BCUT2D eigenvalue weighted by molar-refractivity contribution is -0.128. The molecule has 1 heterocycles. The van der Waals surface area contributed by atoms with Crippen LogP contribution in [0.1, 0.15) is 6.92 Å². The number of nitrogens with zero attached hydrogens (tertiary/aromatic N) is 1. The van der Waals surface area contributed by atoms with Gasteiger partial charge in [-0.3, -0.25) is 19.7 Å². The number of primary amides is 1. The molecule has 1 aliphatic heterocycles. The zero-order valence-electron chi connectivity index (χ0n) is 13.2. The van der Waals surface area contributed by atoms with Crippen LogP contribution in [0.25, 0.3) is 0 Å². The van der Waals surface area contributed by atoms with Crippen LogP contribution in [-0.4, -0.2) is 50.1 Å². The molecule has 3 amide bonds. The summed E-state index contributed by atoms with van der Waals surface area (Å²) >= 11 is 0. The summed E-state index contributed by atoms with van der Waals surface area (Å²) in [4.78, 5) is 36.4. The van der Waals surface area contributed by atoms with Crippen molar-refractivity contribution in [3.05, 3.63) is 24.0 Å². The first kappa shape index (κ1) is 17.8. The zero-order valence-corrected chi connectivity index (χ0v) is 13.2. The molecular formula is C15H19FN4O4. The van der Waals surface area contributed by atoms with Crippen molar-refractivity contribution in [1.29, 1.82) is 0 Å². The first-order chi connectivity index (χ1) is 11.4. The Balaban J connectivity index is 2.13. The molecular weight excluding hydrogens is 319 g/mol. The molecule has 0 unspecified atom stereocenters. The number of likely N-dealkylation sites (N-methyl/N-ethyl adjacent to an activating group) is 1. The van der Waals surface area contributed by atoms with Gasteiger partial charge in [-0.1, -0.05) is 6.92 Å². The quantitative estimate of drug-likeness (QED) is 0.610. The van der Waals surface area contributed by atoms with Crippen LogP contribution >= 0.6 is 0 Å². The summed E-state index contributed by atoms with van der Waals surface area (Å²) in [5, 5.41) is 4.93. The number of halogens is 1. The van der Waals surface area contributed by atoms with Crippen molar-refractivity contribution in [2.75, 3.05) is 36.5 Å². The number of amides is 3. The molecule has 4 N–H and O–H groups in total. The van der Waals surface area contributed by atoms with E-state index in [1.54, 1.807) is 6.92 Å². The Bertz CT molecular complexity index is 652. The first-order valence-electron chi connectivity index (χ1n) is 7.45. The van der Waals surface area contributed by atoms with Gasteiger partial charge in [0.25, 0.3) is 11.8 Å². The number of ether oxygens (including phenoxy) is 1. The van der Waals surface area contributed by atoms with E-state index in [1.807, 2.05) is 0 Å². The van der Waals surface area contributed by atoms with E-state index in [9.17, 15) is 18.8 Å². The second kappa shape index (κ2) is 7.84. The van der Waals surface area contributed by atoms with Gasteiger partial charge >= 0.3 is 0 Å². The number of nitrogens with two attached hydrogens (primary N) is 1. The molecule has 0 bridgehead atoms. The highest BCUT2D eigenvalue weighted by atomic mass is 19.1. The molecule has 0 aliphatic carbocycles. The van der Waals surface area contributed by atoms with Crippen molar-refractivity contribution in [3.63, 3.8) is 0 Å². The minimum atomic E-state index is -1.25. The zero-order chi connectivity index (χ0) is 17.7. The minimum Gasteiger partial charge on any atom is -0.370 e. The molecule has 130 valence electrons. The predicted octanol–water partition coefficient (Wildman–Crippen LogP) is -0.409. The molecule has 0 radical (unpaired) electrons. The van der Waals surface area contributed by atoms with Crippen molar-refractivity contribution in [3.8, 4) is 0 Å². The Morgan fingerprint density at radius 3 is 2.79 bits per heavy atom. The summed E-state index contributed by atoms with van der Waals surface area (Å²) in [6, 6.07) is 2.73. The maximum Gasteiger partial charge on any atom is 0.253 e. The number of carbonyl (C=O) groups is 3. The summed E-state index contributed by atoms with van der Waals surface area (Å²) < 4.78 is 19.2. The summed E-state index contributed by atoms with van der Waals surface area (Å²) in [6.45, 7) is 2.70. The third-order valence-electron chi connectivity index (χ3n) is 3.46. The smallest absolute Gasteiger partial charge is 0.253 e. The number of hydrogen-bond donors (Lipinski definition) is 3. The van der Waals surface area contributed by atoms with Crippen molar-refractivity contribution in [2.45, 2.75) is 13.0 Å². The fraction of sp³-hybridized carbons (Fsp3) is 0.400. The van der Waals surface area contributed by atoms with Crippen LogP contribution in [0.3, 0.4) is 0 Å². The molecule has 1 fully saturated rings. The van der Waals surface area contributed by atoms with Crippen LogP contribution < -0.4 is 21.3 Å². The van der Waals surface area contributed by atoms with E-state index in [1.165, 1.54) is 17.0 Å². The predicted molar refractivity (Wildman–Crippen MR) is 84.9 cm³/mol. The van der Waals surface area contributed by atoms with E-state index in [4.69, 9.17) is 10.5 Å². The SMILES string of the molecule is CCN[C@@H](C(N)=O)C(=O)Nc1ccc(N2CCOCC2=O)cc1F. The molecule has 0 aromatic heterocycles. The van der Waals surface area contributed by atoms with Crippen molar-refractivity contribution in [1.82, 2.24) is 5.32 Å². The summed E-state index contributed by atoms with van der Waals surface area (Å²) in [5.74, 6) is -2.60. The van der Waals surface area contributed by atoms with E-state index < -0.39 is 23.7 Å². The van der Waals surface area contributed by atoms with Crippen molar-refractivity contribution in [2.24, 2.45) is 5.73 Å². The van der Waals surface area contributed by atoms with Crippen LogP contribution in [0.15, 0.2) is 18.2 Å². The molecule has 1 aromatic carbocycles. The second-order valence-electron chi connectivity index (χ2n) is 5.14. The highest BCUT2D eigenvalue weighted by molar-refractivity contribution is 6.09. The lowest BCUT2D eigenvalue weighted by Crippen LogP contribution is -2.49. The Hall–Kier alpha value is -2.52. The molecule has 0 saturated carbocycles. The molecule has 1 aromatic rings. The van der Waals surface area contributed by atoms with E-state index in [2.05, 4.69) is 10.6 Å². The number of anilines is 2. The Kier molecular flexibility index (Phi) is 5.83. The number of nitrogens with one attached hydrogen (secondary N) is 2. The third-order valence-corrected chi connectivity index (χ3v) is 3.46. The van der Waals surface area contributed by atoms with Gasteiger partial charge in [0.05, 0.1) is 12.3 Å². The van der Waals surface area contributed by atoms with E-state index in [0.29, 0.717) is 25.4 Å². The lowest BCUT2D eigenvalue weighted by atomic mass is 10.2. The van der Waals surface area contributed by atoms with Crippen LogP contribution in [0, 0.1) is 5.82 Å². The number of rotatable bonds is 6. The van der Waals surface area contributed by atoms with Gasteiger partial charge in [-0.25, -0.2) is 4.39 Å². The highest BCUT2D eigenvalue weighted by Crippen LogP contribution is 2.23. The topological polar surface area (TPSA) is 114 Å². The molecule has 1 atom stereocenters. The average molecular weight is 338 g/mol. The molecule has 2 rings (SSSR count). The average Bonchev–Trinajstić information content (AvgIpc) is 2.54. The lowest BCUT2D eigenvalue weighted by Gasteiger charge is -2.27. The van der Waals surface area contributed by atoms with Crippen LogP contribution in [0.2, 0.25) is 0 Å². The van der Waals surface area contributed by atoms with Gasteiger partial charge in [0.1, 0.15) is 12.4 Å². The maximum absolute atomic E-state index is 14.2. The summed E-state index contributed by atoms with van der Waals surface area (Å²) in [6.07, 6.45) is 0. The monoisotopic (exact) mass is 338 g/mol. The molecule has 8 nitrogen and oxygen atoms in total. The number of benzene rings is 1. The number of morpholine rings is 1. The Labute approximate surface area is 138 Å². The normalized spacial score (nSPS) is 15.9. The number of carbonyl (C=O) groups excluding carboxylic acids is 3.